The maximum atomic E-state index is 14.4. The molecule has 1 fully saturated rings. The van der Waals surface area contributed by atoms with Gasteiger partial charge in [0.25, 0.3) is 5.91 Å². The molecular formula is C28H27FN4O. The summed E-state index contributed by atoms with van der Waals surface area (Å²) in [6.07, 6.45) is 1.98. The van der Waals surface area contributed by atoms with Crippen LogP contribution < -0.4 is 0 Å². The van der Waals surface area contributed by atoms with Gasteiger partial charge in [-0.15, -0.1) is 0 Å². The molecule has 34 heavy (non-hydrogen) atoms. The fraction of sp³-hybridized carbons (Fsp3) is 0.286. The van der Waals surface area contributed by atoms with Gasteiger partial charge in [0.15, 0.2) is 0 Å². The van der Waals surface area contributed by atoms with E-state index >= 15 is 0 Å². The van der Waals surface area contributed by atoms with E-state index in [0.717, 1.165) is 61.1 Å². The maximum absolute atomic E-state index is 14.4. The number of halogens is 1. The van der Waals surface area contributed by atoms with E-state index in [1.54, 1.807) is 12.1 Å². The fourth-order valence-corrected chi connectivity index (χ4v) is 5.47. The number of likely N-dealkylation sites (tertiary alicyclic amines) is 1. The topological polar surface area (TPSA) is 41.4 Å². The Balaban J connectivity index is 1.15. The molecule has 6 rings (SSSR count). The van der Waals surface area contributed by atoms with Crippen molar-refractivity contribution < 1.29 is 9.18 Å². The zero-order valence-electron chi connectivity index (χ0n) is 19.2. The second-order valence-corrected chi connectivity index (χ2v) is 9.40. The van der Waals surface area contributed by atoms with Gasteiger partial charge >= 0.3 is 0 Å². The Labute approximate surface area is 198 Å². The van der Waals surface area contributed by atoms with Gasteiger partial charge in [-0.25, -0.2) is 4.39 Å². The van der Waals surface area contributed by atoms with Gasteiger partial charge in [0, 0.05) is 55.8 Å². The summed E-state index contributed by atoms with van der Waals surface area (Å²) in [6, 6.07) is 21.4. The highest BCUT2D eigenvalue weighted by Crippen LogP contribution is 2.31. The molecule has 0 bridgehead atoms. The van der Waals surface area contributed by atoms with E-state index < -0.39 is 0 Å². The van der Waals surface area contributed by atoms with Crippen LogP contribution in [0.15, 0.2) is 66.7 Å². The SMILES string of the molecule is Cn1nc(-c2ccccc2F)c2ccc(CN3CCC(N4Cc5ccccc5C4=O)CC3)cc21. The predicted molar refractivity (Wildman–Crippen MR) is 131 cm³/mol. The van der Waals surface area contributed by atoms with Gasteiger partial charge < -0.3 is 4.90 Å². The van der Waals surface area contributed by atoms with Gasteiger partial charge in [0.1, 0.15) is 11.5 Å². The molecule has 0 aliphatic carbocycles. The minimum absolute atomic E-state index is 0.182. The number of nitrogens with zero attached hydrogens (tertiary/aromatic N) is 4. The van der Waals surface area contributed by atoms with Crippen LogP contribution >= 0.6 is 0 Å². The van der Waals surface area contributed by atoms with E-state index in [1.165, 1.54) is 11.6 Å². The Hall–Kier alpha value is -3.51. The summed E-state index contributed by atoms with van der Waals surface area (Å²) >= 11 is 0. The zero-order valence-corrected chi connectivity index (χ0v) is 19.2. The fourth-order valence-electron chi connectivity index (χ4n) is 5.47. The lowest BCUT2D eigenvalue weighted by molar-refractivity contribution is 0.0590. The third-order valence-electron chi connectivity index (χ3n) is 7.30. The average molecular weight is 455 g/mol. The van der Waals surface area contributed by atoms with E-state index in [0.29, 0.717) is 17.3 Å². The maximum Gasteiger partial charge on any atom is 0.254 e. The molecule has 0 spiro atoms. The van der Waals surface area contributed by atoms with Gasteiger partial charge in [-0.3, -0.25) is 14.4 Å². The molecule has 1 aromatic heterocycles. The van der Waals surface area contributed by atoms with Gasteiger partial charge in [-0.05, 0) is 48.2 Å². The normalized spacial score (nSPS) is 17.0. The van der Waals surface area contributed by atoms with Crippen molar-refractivity contribution in [2.75, 3.05) is 13.1 Å². The van der Waals surface area contributed by atoms with Gasteiger partial charge in [-0.2, -0.15) is 5.10 Å². The van der Waals surface area contributed by atoms with Crippen LogP contribution in [0.25, 0.3) is 22.2 Å². The van der Waals surface area contributed by atoms with Crippen LogP contribution in [-0.4, -0.2) is 44.6 Å². The summed E-state index contributed by atoms with van der Waals surface area (Å²) in [5.41, 5.74) is 5.45. The van der Waals surface area contributed by atoms with Crippen LogP contribution in [0.4, 0.5) is 4.39 Å². The molecule has 0 N–H and O–H groups in total. The smallest absolute Gasteiger partial charge is 0.254 e. The molecule has 5 nitrogen and oxygen atoms in total. The van der Waals surface area contributed by atoms with E-state index in [4.69, 9.17) is 0 Å². The number of amides is 1. The number of carbonyl (C=O) groups excluding carboxylic acids is 1. The molecule has 0 radical (unpaired) electrons. The highest BCUT2D eigenvalue weighted by Gasteiger charge is 2.34. The summed E-state index contributed by atoms with van der Waals surface area (Å²) in [7, 11) is 1.91. The molecule has 3 heterocycles. The van der Waals surface area contributed by atoms with Crippen LogP contribution in [0.5, 0.6) is 0 Å². The number of fused-ring (bicyclic) bond motifs is 2. The molecule has 2 aliphatic rings. The first-order valence-corrected chi connectivity index (χ1v) is 11.9. The molecular weight excluding hydrogens is 427 g/mol. The van der Waals surface area contributed by atoms with Crippen LogP contribution in [0, 0.1) is 5.82 Å². The van der Waals surface area contributed by atoms with E-state index in [-0.39, 0.29) is 11.7 Å². The summed E-state index contributed by atoms with van der Waals surface area (Å²) in [4.78, 5) is 17.4. The van der Waals surface area contributed by atoms with E-state index in [1.807, 2.05) is 36.0 Å². The number of carbonyl (C=O) groups is 1. The summed E-state index contributed by atoms with van der Waals surface area (Å²) in [5, 5.41) is 5.57. The van der Waals surface area contributed by atoms with Crippen molar-refractivity contribution in [1.82, 2.24) is 19.6 Å². The minimum Gasteiger partial charge on any atom is -0.331 e. The molecule has 1 saturated heterocycles. The summed E-state index contributed by atoms with van der Waals surface area (Å²) in [6.45, 7) is 3.53. The second kappa shape index (κ2) is 8.37. The van der Waals surface area contributed by atoms with Gasteiger partial charge in [0.2, 0.25) is 0 Å². The molecule has 3 aromatic carbocycles. The molecule has 0 atom stereocenters. The summed E-state index contributed by atoms with van der Waals surface area (Å²) in [5.74, 6) is -0.0737. The number of aromatic nitrogens is 2. The van der Waals surface area contributed by atoms with Gasteiger partial charge in [0.05, 0.1) is 5.52 Å². The number of piperidine rings is 1. The lowest BCUT2D eigenvalue weighted by atomic mass is 10.0. The zero-order chi connectivity index (χ0) is 23.2. The Morgan fingerprint density at radius 2 is 1.71 bits per heavy atom. The third-order valence-corrected chi connectivity index (χ3v) is 7.30. The van der Waals surface area contributed by atoms with E-state index in [9.17, 15) is 9.18 Å². The first-order valence-electron chi connectivity index (χ1n) is 11.9. The monoisotopic (exact) mass is 454 g/mol. The molecule has 1 amide bonds. The molecule has 172 valence electrons. The summed E-state index contributed by atoms with van der Waals surface area (Å²) < 4.78 is 16.2. The third kappa shape index (κ3) is 3.59. The quantitative estimate of drug-likeness (QED) is 0.436. The van der Waals surface area contributed by atoms with Crippen LogP contribution in [0.1, 0.15) is 34.3 Å². The lowest BCUT2D eigenvalue weighted by Crippen LogP contribution is -2.44. The van der Waals surface area contributed by atoms with Crippen molar-refractivity contribution in [3.63, 3.8) is 0 Å². The number of rotatable bonds is 4. The highest BCUT2D eigenvalue weighted by molar-refractivity contribution is 5.98. The van der Waals surface area contributed by atoms with Crippen LogP contribution in [0.3, 0.4) is 0 Å². The second-order valence-electron chi connectivity index (χ2n) is 9.40. The van der Waals surface area contributed by atoms with Crippen LogP contribution in [-0.2, 0) is 20.1 Å². The first kappa shape index (κ1) is 21.1. The Morgan fingerprint density at radius 3 is 2.47 bits per heavy atom. The Kier molecular flexibility index (Phi) is 5.18. The first-order chi connectivity index (χ1) is 16.6. The molecule has 4 aromatic rings. The van der Waals surface area contributed by atoms with Crippen molar-refractivity contribution in [1.29, 1.82) is 0 Å². The molecule has 2 aliphatic heterocycles. The number of benzene rings is 3. The number of aryl methyl sites for hydroxylation is 1. The van der Waals surface area contributed by atoms with Crippen molar-refractivity contribution in [2.24, 2.45) is 7.05 Å². The standard InChI is InChI=1S/C28H27FN4O/c1-31-26-16-19(10-11-24(26)27(30-31)23-8-4-5-9-25(23)29)17-32-14-12-21(13-15-32)33-18-20-6-2-3-7-22(20)28(33)34/h2-11,16,21H,12-15,17-18H2,1H3. The van der Waals surface area contributed by atoms with Crippen molar-refractivity contribution in [3.8, 4) is 11.3 Å². The highest BCUT2D eigenvalue weighted by atomic mass is 19.1. The van der Waals surface area contributed by atoms with Crippen molar-refractivity contribution in [2.45, 2.75) is 32.0 Å². The predicted octanol–water partition coefficient (Wildman–Crippen LogP) is 5.00. The van der Waals surface area contributed by atoms with E-state index in [2.05, 4.69) is 39.2 Å². The molecule has 6 heteroatoms. The van der Waals surface area contributed by atoms with Gasteiger partial charge in [-0.1, -0.05) is 42.5 Å². The van der Waals surface area contributed by atoms with Crippen LogP contribution in [0.2, 0.25) is 0 Å². The van der Waals surface area contributed by atoms with Crippen molar-refractivity contribution in [3.05, 3.63) is 89.2 Å². The minimum atomic E-state index is -0.256. The number of hydrogen-bond donors (Lipinski definition) is 0. The lowest BCUT2D eigenvalue weighted by Gasteiger charge is -2.36. The Bertz CT molecular complexity index is 1390. The average Bonchev–Trinajstić information content (AvgIpc) is 3.37. The molecule has 0 saturated carbocycles. The largest absolute Gasteiger partial charge is 0.331 e. The Morgan fingerprint density at radius 1 is 0.971 bits per heavy atom. The molecule has 0 unspecified atom stereocenters. The van der Waals surface area contributed by atoms with Crippen molar-refractivity contribution >= 4 is 16.8 Å². The number of hydrogen-bond acceptors (Lipinski definition) is 3.